The first-order valence-electron chi connectivity index (χ1n) is 8.33. The van der Waals surface area contributed by atoms with E-state index in [2.05, 4.69) is 5.32 Å². The Morgan fingerprint density at radius 1 is 1.07 bits per heavy atom. The van der Waals surface area contributed by atoms with Crippen LogP contribution in [-0.4, -0.2) is 41.3 Å². The lowest BCUT2D eigenvalue weighted by Gasteiger charge is -2.24. The van der Waals surface area contributed by atoms with Gasteiger partial charge in [-0.25, -0.2) is 8.42 Å². The number of rotatable bonds is 7. The van der Waals surface area contributed by atoms with Crippen molar-refractivity contribution in [2.24, 2.45) is 0 Å². The van der Waals surface area contributed by atoms with E-state index in [-0.39, 0.29) is 22.2 Å². The number of aryl methyl sites for hydroxylation is 2. The third-order valence-electron chi connectivity index (χ3n) is 4.20. The van der Waals surface area contributed by atoms with Crippen molar-refractivity contribution >= 4 is 38.9 Å². The van der Waals surface area contributed by atoms with E-state index in [9.17, 15) is 13.2 Å². The molecule has 0 heterocycles. The fourth-order valence-corrected chi connectivity index (χ4v) is 3.65. The minimum Gasteiger partial charge on any atom is -0.495 e. The minimum absolute atomic E-state index is 0.154. The zero-order valence-corrected chi connectivity index (χ0v) is 17.9. The van der Waals surface area contributed by atoms with Crippen LogP contribution in [0, 0.1) is 13.8 Å². The Morgan fingerprint density at radius 2 is 1.71 bits per heavy atom. The zero-order chi connectivity index (χ0) is 21.1. The minimum atomic E-state index is -3.80. The van der Waals surface area contributed by atoms with Gasteiger partial charge in [-0.05, 0) is 37.1 Å². The van der Waals surface area contributed by atoms with E-state index in [1.165, 1.54) is 26.4 Å². The van der Waals surface area contributed by atoms with E-state index < -0.39 is 22.5 Å². The second-order valence-electron chi connectivity index (χ2n) is 6.28. The highest BCUT2D eigenvalue weighted by Crippen LogP contribution is 2.38. The maximum absolute atomic E-state index is 12.5. The fraction of sp³-hybridized carbons (Fsp3) is 0.316. The highest BCUT2D eigenvalue weighted by atomic mass is 35.5. The normalized spacial score (nSPS) is 11.1. The van der Waals surface area contributed by atoms with Crippen molar-refractivity contribution in [1.82, 2.24) is 0 Å². The lowest BCUT2D eigenvalue weighted by Crippen LogP contribution is -2.37. The van der Waals surface area contributed by atoms with E-state index in [0.717, 1.165) is 21.7 Å². The molecule has 0 aliphatic carbocycles. The predicted octanol–water partition coefficient (Wildman–Crippen LogP) is 3.38. The van der Waals surface area contributed by atoms with Crippen molar-refractivity contribution in [2.45, 2.75) is 13.8 Å². The summed E-state index contributed by atoms with van der Waals surface area (Å²) in [6.45, 7) is 3.46. The topological polar surface area (TPSA) is 84.9 Å². The summed E-state index contributed by atoms with van der Waals surface area (Å²) in [6.07, 6.45) is 1.01. The molecule has 0 saturated carbocycles. The Labute approximate surface area is 170 Å². The molecule has 1 N–H and O–H groups in total. The molecule has 0 bridgehead atoms. The van der Waals surface area contributed by atoms with Gasteiger partial charge >= 0.3 is 0 Å². The largest absolute Gasteiger partial charge is 0.495 e. The Bertz CT molecular complexity index is 992. The molecule has 0 aliphatic rings. The van der Waals surface area contributed by atoms with Crippen molar-refractivity contribution in [3.05, 3.63) is 46.5 Å². The van der Waals surface area contributed by atoms with Gasteiger partial charge in [-0.1, -0.05) is 17.7 Å². The first kappa shape index (κ1) is 21.8. The highest BCUT2D eigenvalue weighted by Gasteiger charge is 2.25. The Balaban J connectivity index is 2.37. The molecule has 0 unspecified atom stereocenters. The quantitative estimate of drug-likeness (QED) is 0.733. The van der Waals surface area contributed by atoms with Gasteiger partial charge in [-0.3, -0.25) is 9.10 Å². The lowest BCUT2D eigenvalue weighted by molar-refractivity contribution is -0.114. The van der Waals surface area contributed by atoms with Gasteiger partial charge in [0.05, 0.1) is 31.2 Å². The van der Waals surface area contributed by atoms with E-state index in [1.54, 1.807) is 6.07 Å². The molecule has 1 amide bonds. The standard InChI is InChI=1S/C19H23ClN2O5S/c1-12-6-7-14(8-13(12)2)21-19(23)11-22(28(5,24)25)16-10-17(26-3)15(20)9-18(16)27-4/h6-10H,11H2,1-5H3,(H,21,23). The number of hydrogen-bond acceptors (Lipinski definition) is 5. The molecule has 7 nitrogen and oxygen atoms in total. The number of carbonyl (C=O) groups excluding carboxylic acids is 1. The van der Waals surface area contributed by atoms with E-state index in [1.807, 2.05) is 26.0 Å². The summed E-state index contributed by atoms with van der Waals surface area (Å²) in [4.78, 5) is 12.5. The third kappa shape index (κ3) is 5.08. The average molecular weight is 427 g/mol. The van der Waals surface area contributed by atoms with Crippen LogP contribution < -0.4 is 19.1 Å². The van der Waals surface area contributed by atoms with Crippen LogP contribution in [0.4, 0.5) is 11.4 Å². The Kier molecular flexibility index (Phi) is 6.79. The average Bonchev–Trinajstić information content (AvgIpc) is 2.62. The number of amides is 1. The van der Waals surface area contributed by atoms with Crippen molar-refractivity contribution in [1.29, 1.82) is 0 Å². The maximum atomic E-state index is 12.5. The van der Waals surface area contributed by atoms with Crippen LogP contribution in [0.1, 0.15) is 11.1 Å². The summed E-state index contributed by atoms with van der Waals surface area (Å²) in [5, 5.41) is 2.98. The molecule has 0 radical (unpaired) electrons. The summed E-state index contributed by atoms with van der Waals surface area (Å²) in [6, 6.07) is 8.33. The fourth-order valence-electron chi connectivity index (χ4n) is 2.57. The molecule has 9 heteroatoms. The summed E-state index contributed by atoms with van der Waals surface area (Å²) >= 11 is 6.09. The van der Waals surface area contributed by atoms with Crippen LogP contribution in [0.2, 0.25) is 5.02 Å². The van der Waals surface area contributed by atoms with Crippen LogP contribution in [0.15, 0.2) is 30.3 Å². The van der Waals surface area contributed by atoms with Crippen molar-refractivity contribution in [3.8, 4) is 11.5 Å². The second-order valence-corrected chi connectivity index (χ2v) is 8.59. The number of nitrogens with one attached hydrogen (secondary N) is 1. The van der Waals surface area contributed by atoms with E-state index in [4.69, 9.17) is 21.1 Å². The number of hydrogen-bond donors (Lipinski definition) is 1. The van der Waals surface area contributed by atoms with E-state index in [0.29, 0.717) is 5.69 Å². The van der Waals surface area contributed by atoms with Gasteiger partial charge in [0.15, 0.2) is 0 Å². The summed E-state index contributed by atoms with van der Waals surface area (Å²) in [5.41, 5.74) is 2.85. The second kappa shape index (κ2) is 8.70. The predicted molar refractivity (Wildman–Crippen MR) is 111 cm³/mol. The summed E-state index contributed by atoms with van der Waals surface area (Å²) in [7, 11) is -0.999. The number of ether oxygens (including phenoxy) is 2. The number of halogens is 1. The van der Waals surface area contributed by atoms with Gasteiger partial charge < -0.3 is 14.8 Å². The van der Waals surface area contributed by atoms with Crippen LogP contribution in [0.3, 0.4) is 0 Å². The van der Waals surface area contributed by atoms with E-state index >= 15 is 0 Å². The van der Waals surface area contributed by atoms with Crippen LogP contribution in [0.25, 0.3) is 0 Å². The van der Waals surface area contributed by atoms with Gasteiger partial charge in [0, 0.05) is 17.8 Å². The molecule has 0 aliphatic heterocycles. The molecule has 152 valence electrons. The molecule has 2 rings (SSSR count). The number of anilines is 2. The molecule has 0 spiro atoms. The molecular formula is C19H23ClN2O5S. The van der Waals surface area contributed by atoms with Crippen molar-refractivity contribution in [2.75, 3.05) is 36.6 Å². The van der Waals surface area contributed by atoms with Crippen molar-refractivity contribution < 1.29 is 22.7 Å². The molecular weight excluding hydrogens is 404 g/mol. The van der Waals surface area contributed by atoms with Gasteiger partial charge in [0.25, 0.3) is 0 Å². The molecule has 0 atom stereocenters. The molecule has 0 saturated heterocycles. The Hall–Kier alpha value is -2.45. The molecule has 28 heavy (non-hydrogen) atoms. The smallest absolute Gasteiger partial charge is 0.245 e. The molecule has 0 fully saturated rings. The SMILES string of the molecule is COc1cc(N(CC(=O)Nc2ccc(C)c(C)c2)S(C)(=O)=O)c(OC)cc1Cl. The van der Waals surface area contributed by atoms with Crippen LogP contribution in [0.5, 0.6) is 11.5 Å². The summed E-state index contributed by atoms with van der Waals surface area (Å²) in [5.74, 6) is -0.0273. The highest BCUT2D eigenvalue weighted by molar-refractivity contribution is 7.92. The number of benzene rings is 2. The monoisotopic (exact) mass is 426 g/mol. The number of nitrogens with zero attached hydrogens (tertiary/aromatic N) is 1. The third-order valence-corrected chi connectivity index (χ3v) is 5.62. The molecule has 2 aromatic carbocycles. The summed E-state index contributed by atoms with van der Waals surface area (Å²) < 4.78 is 36.1. The lowest BCUT2D eigenvalue weighted by atomic mass is 10.1. The molecule has 2 aromatic rings. The van der Waals surface area contributed by atoms with Crippen LogP contribution >= 0.6 is 11.6 Å². The number of carbonyl (C=O) groups is 1. The zero-order valence-electron chi connectivity index (χ0n) is 16.4. The van der Waals surface area contributed by atoms with Gasteiger partial charge in [-0.15, -0.1) is 0 Å². The number of sulfonamides is 1. The van der Waals surface area contributed by atoms with Gasteiger partial charge in [0.2, 0.25) is 15.9 Å². The van der Waals surface area contributed by atoms with Gasteiger partial charge in [-0.2, -0.15) is 0 Å². The molecule has 0 aromatic heterocycles. The first-order chi connectivity index (χ1) is 13.1. The van der Waals surface area contributed by atoms with Crippen LogP contribution in [-0.2, 0) is 14.8 Å². The maximum Gasteiger partial charge on any atom is 0.245 e. The number of methoxy groups -OCH3 is 2. The van der Waals surface area contributed by atoms with Gasteiger partial charge in [0.1, 0.15) is 18.0 Å². The first-order valence-corrected chi connectivity index (χ1v) is 10.6. The van der Waals surface area contributed by atoms with Crippen molar-refractivity contribution in [3.63, 3.8) is 0 Å². The Morgan fingerprint density at radius 3 is 2.25 bits per heavy atom.